The normalized spacial score (nSPS) is 11.8. The van der Waals surface area contributed by atoms with Gasteiger partial charge in [0.05, 0.1) is 34.0 Å². The fraction of sp³-hybridized carbons (Fsp3) is 0.250. The Morgan fingerprint density at radius 1 is 0.788 bits per heavy atom. The van der Waals surface area contributed by atoms with Crippen LogP contribution in [0.5, 0.6) is 34.5 Å². The predicted molar refractivity (Wildman–Crippen MR) is 118 cm³/mol. The third-order valence-corrected chi connectivity index (χ3v) is 5.20. The molecular formula is C24H22O9. The molecule has 0 spiro atoms. The lowest BCUT2D eigenvalue weighted by atomic mass is 9.91. The molecule has 0 fully saturated rings. The average Bonchev–Trinajstić information content (AvgIpc) is 3.28. The summed E-state index contributed by atoms with van der Waals surface area (Å²) in [5.74, 6) is 1.23. The molecule has 0 N–H and O–H groups in total. The van der Waals surface area contributed by atoms with Gasteiger partial charge < -0.3 is 33.2 Å². The van der Waals surface area contributed by atoms with Gasteiger partial charge in [-0.25, -0.2) is 4.79 Å². The molecule has 0 aliphatic carbocycles. The Kier molecular flexibility index (Phi) is 5.87. The highest BCUT2D eigenvalue weighted by Gasteiger charge is 2.26. The molecule has 172 valence electrons. The minimum absolute atomic E-state index is 0.0535. The Morgan fingerprint density at radius 2 is 1.39 bits per heavy atom. The summed E-state index contributed by atoms with van der Waals surface area (Å²) < 4.78 is 37.9. The summed E-state index contributed by atoms with van der Waals surface area (Å²) >= 11 is 0. The van der Waals surface area contributed by atoms with Crippen molar-refractivity contribution in [2.45, 2.75) is 6.92 Å². The predicted octanol–water partition coefficient (Wildman–Crippen LogP) is 3.97. The number of esters is 2. The van der Waals surface area contributed by atoms with Gasteiger partial charge in [0, 0.05) is 17.9 Å². The minimum atomic E-state index is -0.619. The number of fused-ring (bicyclic) bond motifs is 2. The van der Waals surface area contributed by atoms with E-state index in [1.54, 1.807) is 24.3 Å². The van der Waals surface area contributed by atoms with E-state index in [0.29, 0.717) is 50.6 Å². The number of hydrogen-bond acceptors (Lipinski definition) is 9. The van der Waals surface area contributed by atoms with Crippen molar-refractivity contribution in [2.24, 2.45) is 0 Å². The maximum absolute atomic E-state index is 12.8. The van der Waals surface area contributed by atoms with E-state index in [-0.39, 0.29) is 18.1 Å². The zero-order valence-electron chi connectivity index (χ0n) is 18.8. The van der Waals surface area contributed by atoms with E-state index in [4.69, 9.17) is 33.2 Å². The van der Waals surface area contributed by atoms with Gasteiger partial charge in [-0.1, -0.05) is 0 Å². The van der Waals surface area contributed by atoms with Gasteiger partial charge in [-0.2, -0.15) is 0 Å². The lowest BCUT2D eigenvalue weighted by molar-refractivity contribution is -0.131. The summed E-state index contributed by atoms with van der Waals surface area (Å²) in [5, 5.41) is 1.12. The molecule has 3 aromatic carbocycles. The van der Waals surface area contributed by atoms with Crippen LogP contribution in [-0.4, -0.2) is 47.2 Å². The number of benzene rings is 3. The molecular weight excluding hydrogens is 432 g/mol. The Labute approximate surface area is 189 Å². The van der Waals surface area contributed by atoms with Crippen molar-refractivity contribution < 1.29 is 42.7 Å². The SMILES string of the molecule is COC(=O)c1cc(OC(C)=O)c2cc3c(cc2c1-c1cc(OC)c(OC)c(OC)c1)OCO3. The number of carbonyl (C=O) groups is 2. The lowest BCUT2D eigenvalue weighted by Gasteiger charge is -2.19. The van der Waals surface area contributed by atoms with Gasteiger partial charge in [0.1, 0.15) is 5.75 Å². The Hall–Kier alpha value is -4.14. The van der Waals surface area contributed by atoms with Crippen molar-refractivity contribution in [1.29, 1.82) is 0 Å². The number of rotatable bonds is 6. The van der Waals surface area contributed by atoms with Gasteiger partial charge in [0.2, 0.25) is 12.5 Å². The highest BCUT2D eigenvalue weighted by molar-refractivity contribution is 6.12. The second kappa shape index (κ2) is 8.78. The summed E-state index contributed by atoms with van der Waals surface area (Å²) in [4.78, 5) is 24.6. The van der Waals surface area contributed by atoms with Gasteiger partial charge in [-0.15, -0.1) is 0 Å². The van der Waals surface area contributed by atoms with Crippen LogP contribution in [0.4, 0.5) is 0 Å². The van der Waals surface area contributed by atoms with Crippen LogP contribution in [0.2, 0.25) is 0 Å². The number of methoxy groups -OCH3 is 4. The van der Waals surface area contributed by atoms with Crippen LogP contribution < -0.4 is 28.4 Å². The summed E-state index contributed by atoms with van der Waals surface area (Å²) in [6.07, 6.45) is 0. The fourth-order valence-electron chi connectivity index (χ4n) is 3.83. The maximum atomic E-state index is 12.8. The molecule has 33 heavy (non-hydrogen) atoms. The lowest BCUT2D eigenvalue weighted by Crippen LogP contribution is -2.08. The van der Waals surface area contributed by atoms with Gasteiger partial charge in [-0.05, 0) is 41.3 Å². The first-order chi connectivity index (χ1) is 15.9. The van der Waals surface area contributed by atoms with E-state index in [0.717, 1.165) is 0 Å². The third kappa shape index (κ3) is 3.82. The van der Waals surface area contributed by atoms with Crippen LogP contribution in [0.3, 0.4) is 0 Å². The van der Waals surface area contributed by atoms with Gasteiger partial charge in [-0.3, -0.25) is 4.79 Å². The average molecular weight is 454 g/mol. The number of hydrogen-bond donors (Lipinski definition) is 0. The zero-order chi connectivity index (χ0) is 23.7. The van der Waals surface area contributed by atoms with Gasteiger partial charge >= 0.3 is 11.9 Å². The molecule has 0 radical (unpaired) electrons. The Morgan fingerprint density at radius 3 is 1.91 bits per heavy atom. The molecule has 3 aromatic rings. The van der Waals surface area contributed by atoms with Crippen molar-refractivity contribution in [3.8, 4) is 45.6 Å². The van der Waals surface area contributed by atoms with Crippen LogP contribution in [0.25, 0.3) is 21.9 Å². The Bertz CT molecular complexity index is 1240. The number of carbonyl (C=O) groups excluding carboxylic acids is 2. The molecule has 0 bridgehead atoms. The highest BCUT2D eigenvalue weighted by atomic mass is 16.7. The molecule has 1 aliphatic heterocycles. The van der Waals surface area contributed by atoms with Crippen LogP contribution in [-0.2, 0) is 9.53 Å². The van der Waals surface area contributed by atoms with Crippen LogP contribution >= 0.6 is 0 Å². The molecule has 0 unspecified atom stereocenters. The van der Waals surface area contributed by atoms with E-state index >= 15 is 0 Å². The molecule has 4 rings (SSSR count). The summed E-state index contributed by atoms with van der Waals surface area (Å²) in [7, 11) is 5.78. The van der Waals surface area contributed by atoms with Gasteiger partial charge in [0.15, 0.2) is 23.0 Å². The van der Waals surface area contributed by atoms with E-state index in [1.807, 2.05) is 0 Å². The summed E-state index contributed by atoms with van der Waals surface area (Å²) in [6, 6.07) is 8.35. The molecule has 0 amide bonds. The van der Waals surface area contributed by atoms with Crippen molar-refractivity contribution in [2.75, 3.05) is 35.2 Å². The minimum Gasteiger partial charge on any atom is -0.493 e. The smallest absolute Gasteiger partial charge is 0.338 e. The molecule has 0 saturated heterocycles. The van der Waals surface area contributed by atoms with Crippen molar-refractivity contribution in [3.63, 3.8) is 0 Å². The summed E-state index contributed by atoms with van der Waals surface area (Å²) in [6.45, 7) is 1.33. The molecule has 0 atom stereocenters. The number of ether oxygens (including phenoxy) is 7. The van der Waals surface area contributed by atoms with Crippen LogP contribution in [0.1, 0.15) is 17.3 Å². The summed E-state index contributed by atoms with van der Waals surface area (Å²) in [5.41, 5.74) is 1.27. The van der Waals surface area contributed by atoms with Crippen LogP contribution in [0, 0.1) is 0 Å². The Balaban J connectivity index is 2.13. The maximum Gasteiger partial charge on any atom is 0.338 e. The molecule has 1 heterocycles. The fourth-order valence-corrected chi connectivity index (χ4v) is 3.83. The van der Waals surface area contributed by atoms with Gasteiger partial charge in [0.25, 0.3) is 0 Å². The zero-order valence-corrected chi connectivity index (χ0v) is 18.8. The first-order valence-electron chi connectivity index (χ1n) is 9.89. The molecule has 0 saturated carbocycles. The second-order valence-electron chi connectivity index (χ2n) is 7.05. The van der Waals surface area contributed by atoms with Crippen LogP contribution in [0.15, 0.2) is 30.3 Å². The highest BCUT2D eigenvalue weighted by Crippen LogP contribution is 2.48. The standard InChI is InChI=1S/C24H22O9/c1-12(25)33-17-10-16(24(26)30-5)22(15-9-19-18(8-14(15)17)31-11-32-19)13-6-20(27-2)23(29-4)21(7-13)28-3/h6-10H,11H2,1-5H3. The molecule has 9 heteroatoms. The van der Waals surface area contributed by atoms with E-state index in [1.165, 1.54) is 41.4 Å². The van der Waals surface area contributed by atoms with E-state index < -0.39 is 11.9 Å². The van der Waals surface area contributed by atoms with Crippen molar-refractivity contribution in [3.05, 3.63) is 35.9 Å². The topological polar surface area (TPSA) is 98.8 Å². The molecule has 1 aliphatic rings. The largest absolute Gasteiger partial charge is 0.493 e. The van der Waals surface area contributed by atoms with Crippen molar-refractivity contribution in [1.82, 2.24) is 0 Å². The second-order valence-corrected chi connectivity index (χ2v) is 7.05. The monoisotopic (exact) mass is 454 g/mol. The van der Waals surface area contributed by atoms with E-state index in [2.05, 4.69) is 0 Å². The first-order valence-corrected chi connectivity index (χ1v) is 9.89. The molecule has 0 aromatic heterocycles. The van der Waals surface area contributed by atoms with E-state index in [9.17, 15) is 9.59 Å². The van der Waals surface area contributed by atoms with Crippen molar-refractivity contribution >= 4 is 22.7 Å². The third-order valence-electron chi connectivity index (χ3n) is 5.20. The first kappa shape index (κ1) is 22.1. The molecule has 9 nitrogen and oxygen atoms in total. The quantitative estimate of drug-likeness (QED) is 0.405.